The molecule has 0 N–H and O–H groups in total. The number of esters is 6. The molecule has 1 aliphatic rings. The lowest BCUT2D eigenvalue weighted by molar-refractivity contribution is -0.140. The molecule has 0 radical (unpaired) electrons. The van der Waals surface area contributed by atoms with Crippen molar-refractivity contribution in [1.82, 2.24) is 0 Å². The summed E-state index contributed by atoms with van der Waals surface area (Å²) in [6, 6.07) is 14.4. The van der Waals surface area contributed by atoms with E-state index in [4.69, 9.17) is 47.4 Å². The van der Waals surface area contributed by atoms with Gasteiger partial charge in [0.1, 0.15) is 23.0 Å². The van der Waals surface area contributed by atoms with Crippen LogP contribution < -0.4 is 18.9 Å². The molecule has 0 saturated heterocycles. The lowest BCUT2D eigenvalue weighted by Crippen LogP contribution is -2.15. The Hall–Kier alpha value is -9.46. The summed E-state index contributed by atoms with van der Waals surface area (Å²) in [7, 11) is 0. The minimum Gasteiger partial charge on any atom is -0.493 e. The van der Waals surface area contributed by atoms with Crippen molar-refractivity contribution in [2.24, 2.45) is 0 Å². The Balaban J connectivity index is 1.97. The molecule has 102 heavy (non-hydrogen) atoms. The minimum atomic E-state index is -0.780. The van der Waals surface area contributed by atoms with Gasteiger partial charge in [-0.1, -0.05) is 92.2 Å². The van der Waals surface area contributed by atoms with E-state index in [9.17, 15) is 47.9 Å². The zero-order valence-corrected chi connectivity index (χ0v) is 60.7. The highest BCUT2D eigenvalue weighted by Crippen LogP contribution is 2.42. The summed E-state index contributed by atoms with van der Waals surface area (Å²) >= 11 is 0. The molecule has 0 saturated carbocycles. The molecule has 0 heterocycles. The van der Waals surface area contributed by atoms with Crippen LogP contribution in [0.4, 0.5) is 0 Å². The quantitative estimate of drug-likeness (QED) is 0.0115. The summed E-state index contributed by atoms with van der Waals surface area (Å²) in [6.07, 6.45) is 16.8. The van der Waals surface area contributed by atoms with Crippen molar-refractivity contribution in [3.63, 3.8) is 0 Å². The molecule has 0 unspecified atom stereocenters. The lowest BCUT2D eigenvalue weighted by Gasteiger charge is -2.25. The summed E-state index contributed by atoms with van der Waals surface area (Å²) in [5.41, 5.74) is 5.63. The summed E-state index contributed by atoms with van der Waals surface area (Å²) < 4.78 is 59.5. The minimum absolute atomic E-state index is 0.00421. The molecule has 0 amide bonds. The topological polar surface area (TPSA) is 263 Å². The van der Waals surface area contributed by atoms with Gasteiger partial charge in [-0.05, 0) is 133 Å². The molecule has 20 nitrogen and oxygen atoms in total. The summed E-state index contributed by atoms with van der Waals surface area (Å²) in [5.74, 6) is -3.33. The predicted octanol–water partition coefficient (Wildman–Crippen LogP) is 15.3. The van der Waals surface area contributed by atoms with Crippen molar-refractivity contribution in [2.45, 2.75) is 196 Å². The number of ketones is 4. The number of carbonyl (C=O) groups is 10. The van der Waals surface area contributed by atoms with Crippen molar-refractivity contribution in [2.75, 3.05) is 66.1 Å². The van der Waals surface area contributed by atoms with Gasteiger partial charge < -0.3 is 47.4 Å². The Morgan fingerprint density at radius 1 is 0.284 bits per heavy atom. The van der Waals surface area contributed by atoms with Crippen molar-refractivity contribution >= 4 is 58.9 Å². The number of Topliss-reactive ketones (excluding diaryl/α,β-unsaturated/α-hetero) is 4. The average Bonchev–Trinajstić information content (AvgIpc) is 0.770. The second kappa shape index (κ2) is 46.9. The van der Waals surface area contributed by atoms with E-state index in [1.807, 2.05) is 12.1 Å². The number of unbranched alkanes of at least 4 members (excludes halogenated alkanes) is 8. The fourth-order valence-electron chi connectivity index (χ4n) is 11.5. The van der Waals surface area contributed by atoms with Crippen LogP contribution in [0.1, 0.15) is 256 Å². The monoisotopic (exact) mass is 1410 g/mol. The van der Waals surface area contributed by atoms with Gasteiger partial charge in [0.05, 0.1) is 66.1 Å². The summed E-state index contributed by atoms with van der Waals surface area (Å²) in [6.45, 7) is 18.5. The van der Waals surface area contributed by atoms with Crippen LogP contribution in [0.25, 0.3) is 0 Å². The van der Waals surface area contributed by atoms with Crippen LogP contribution in [0.2, 0.25) is 0 Å². The number of hydrogen-bond acceptors (Lipinski definition) is 20. The Kier molecular flexibility index (Phi) is 38.2. The van der Waals surface area contributed by atoms with Crippen LogP contribution in [0.15, 0.2) is 98.1 Å². The molecular formula is C82H104O20. The highest BCUT2D eigenvalue weighted by atomic mass is 16.6. The molecule has 1 aliphatic carbocycles. The first kappa shape index (κ1) is 83.2. The number of ether oxygens (including phenoxy) is 10. The Labute approximate surface area is 601 Å². The maximum absolute atomic E-state index is 14.9. The molecular weight excluding hydrogens is 1300 g/mol. The molecule has 20 heteroatoms. The first-order chi connectivity index (χ1) is 49.4. The smallest absolute Gasteiger partial charge is 0.331 e. The SMILES string of the molecule is C=CC(=O)OCCCOc1c2cc(C(=O)CCCCC)cc1Cc1cc(C(=O)CCCCC)cc(c1OCCCOC(=O)/C=C\C(=O)OCC)Cc1cc(C(=O)CCCCC)cc(c1OCCCOC(=O)/C=C\C(=O)OCC)Cc1cc(C(=O)CCCCC)cc(c1OCCCOC(=O)C=C)C2. The highest BCUT2D eigenvalue weighted by Gasteiger charge is 2.28. The first-order valence-corrected chi connectivity index (χ1v) is 36.3. The summed E-state index contributed by atoms with van der Waals surface area (Å²) in [5, 5.41) is 0. The highest BCUT2D eigenvalue weighted by molar-refractivity contribution is 5.99. The molecule has 0 aliphatic heterocycles. The normalized spacial score (nSPS) is 11.7. The number of fused-ring (bicyclic) bond motifs is 8. The van der Waals surface area contributed by atoms with Gasteiger partial charge in [0.25, 0.3) is 0 Å². The van der Waals surface area contributed by atoms with Crippen LogP contribution >= 0.6 is 0 Å². The van der Waals surface area contributed by atoms with Crippen molar-refractivity contribution in [1.29, 1.82) is 0 Å². The molecule has 0 fully saturated rings. The fraction of sp³-hybridized carbons (Fsp3) is 0.488. The van der Waals surface area contributed by atoms with Crippen molar-refractivity contribution < 1.29 is 95.3 Å². The van der Waals surface area contributed by atoms with Crippen LogP contribution in [0.3, 0.4) is 0 Å². The van der Waals surface area contributed by atoms with E-state index in [2.05, 4.69) is 40.9 Å². The maximum atomic E-state index is 14.9. The molecule has 5 rings (SSSR count). The number of carbonyl (C=O) groups excluding carboxylic acids is 10. The third kappa shape index (κ3) is 28.9. The van der Waals surface area contributed by atoms with E-state index in [0.717, 1.165) is 87.8 Å². The fourth-order valence-corrected chi connectivity index (χ4v) is 11.5. The van der Waals surface area contributed by atoms with Gasteiger partial charge >= 0.3 is 35.8 Å². The number of rotatable bonds is 48. The van der Waals surface area contributed by atoms with Gasteiger partial charge in [-0.2, -0.15) is 0 Å². The summed E-state index contributed by atoms with van der Waals surface area (Å²) in [4.78, 5) is 134. The molecule has 0 atom stereocenters. The van der Waals surface area contributed by atoms with Gasteiger partial charge in [-0.15, -0.1) is 0 Å². The van der Waals surface area contributed by atoms with Crippen LogP contribution in [0, 0.1) is 0 Å². The largest absolute Gasteiger partial charge is 0.493 e. The number of hydrogen-bond donors (Lipinski definition) is 0. The Morgan fingerprint density at radius 3 is 0.686 bits per heavy atom. The van der Waals surface area contributed by atoms with Gasteiger partial charge in [-0.25, -0.2) is 28.8 Å². The van der Waals surface area contributed by atoms with E-state index >= 15 is 0 Å². The molecule has 4 aromatic carbocycles. The van der Waals surface area contributed by atoms with Gasteiger partial charge in [-0.3, -0.25) is 19.2 Å². The molecule has 0 spiro atoms. The van der Waals surface area contributed by atoms with E-state index in [-0.39, 0.29) is 166 Å². The van der Waals surface area contributed by atoms with Gasteiger partial charge in [0, 0.05) is 136 Å². The van der Waals surface area contributed by atoms with E-state index in [0.29, 0.717) is 115 Å². The molecule has 0 aromatic heterocycles. The first-order valence-electron chi connectivity index (χ1n) is 36.3. The molecule has 8 bridgehead atoms. The van der Waals surface area contributed by atoms with Crippen LogP contribution in [0.5, 0.6) is 23.0 Å². The third-order valence-electron chi connectivity index (χ3n) is 16.5. The molecule has 4 aromatic rings. The number of benzene rings is 4. The molecule has 552 valence electrons. The van der Waals surface area contributed by atoms with Crippen LogP contribution in [-0.2, 0) is 82.9 Å². The van der Waals surface area contributed by atoms with Crippen molar-refractivity contribution in [3.05, 3.63) is 165 Å². The zero-order valence-electron chi connectivity index (χ0n) is 60.7. The van der Waals surface area contributed by atoms with E-state index in [1.165, 1.54) is 0 Å². The third-order valence-corrected chi connectivity index (χ3v) is 16.5. The maximum Gasteiger partial charge on any atom is 0.331 e. The predicted molar refractivity (Wildman–Crippen MR) is 387 cm³/mol. The Morgan fingerprint density at radius 2 is 0.490 bits per heavy atom. The second-order valence-corrected chi connectivity index (χ2v) is 24.8. The van der Waals surface area contributed by atoms with Crippen LogP contribution in [-0.4, -0.2) is 125 Å². The standard InChI is InChI=1S/C82H104O20/c1-9-17-21-29-69(83)57-45-61-53-62-46-58(70(84)30-22-18-10-2)48-64(80(62)100-42-26-38-96-74(88)14-6)55-66-50-60(72(86)32-24-20-12-4)52-68(82(66)102-44-28-40-98-78(92)36-34-76(90)94-16-8)56-67-51-59(71(85)31-23-19-11-3)49-65(54-63(47-57)79(61)99-41-25-37-95-73(87)13-5)81(67)101-43-27-39-97-77(91)35-33-75(89)93-15-7/h13-14,33-36,45-52H,5-6,9-12,15-32,37-44,53-56H2,1-4,7-8H3/b35-33-,36-34-. The average molecular weight is 1410 g/mol. The zero-order chi connectivity index (χ0) is 74.0. The second-order valence-electron chi connectivity index (χ2n) is 24.8. The van der Waals surface area contributed by atoms with Gasteiger partial charge in [0.15, 0.2) is 23.1 Å². The van der Waals surface area contributed by atoms with E-state index in [1.54, 1.807) is 50.2 Å². The van der Waals surface area contributed by atoms with E-state index < -0.39 is 35.8 Å². The van der Waals surface area contributed by atoms with Crippen molar-refractivity contribution in [3.8, 4) is 23.0 Å². The lowest BCUT2D eigenvalue weighted by atomic mass is 9.86. The van der Waals surface area contributed by atoms with Gasteiger partial charge in [0.2, 0.25) is 0 Å². The Bertz CT molecular complexity index is 3340.